The predicted octanol–water partition coefficient (Wildman–Crippen LogP) is 2.05. The molecule has 1 fully saturated rings. The minimum absolute atomic E-state index is 0.00241. The fraction of sp³-hybridized carbons (Fsp3) is 1.00. The summed E-state index contributed by atoms with van der Waals surface area (Å²) < 4.78 is 7.88. The SMILES string of the molecule is [2H]C1(C)[C@H]([C@@H](O)CC)C1(C)C. The Kier molecular flexibility index (Phi) is 1.48. The summed E-state index contributed by atoms with van der Waals surface area (Å²) in [5.41, 5.74) is 0.00241. The maximum absolute atomic E-state index is 9.55. The third-order valence-electron chi connectivity index (χ3n) is 2.98. The van der Waals surface area contributed by atoms with Crippen LogP contribution >= 0.6 is 0 Å². The lowest BCUT2D eigenvalue weighted by molar-refractivity contribution is 0.130. The van der Waals surface area contributed by atoms with Crippen molar-refractivity contribution in [2.24, 2.45) is 17.2 Å². The Balaban J connectivity index is 2.67. The normalized spacial score (nSPS) is 48.1. The van der Waals surface area contributed by atoms with E-state index in [-0.39, 0.29) is 17.4 Å². The summed E-state index contributed by atoms with van der Waals surface area (Å²) in [6.45, 7) is 8.00. The fourth-order valence-electron chi connectivity index (χ4n) is 1.81. The lowest BCUT2D eigenvalue weighted by atomic mass is 10.0. The Bertz CT molecular complexity index is 149. The Morgan fingerprint density at radius 2 is 2.10 bits per heavy atom. The number of aliphatic hydroxyl groups is 1. The molecule has 1 heteroatoms. The zero-order valence-corrected chi connectivity index (χ0v) is 7.31. The van der Waals surface area contributed by atoms with E-state index in [9.17, 15) is 5.11 Å². The summed E-state index contributed by atoms with van der Waals surface area (Å²) in [6, 6.07) is 0. The molecule has 1 nitrogen and oxygen atoms in total. The molecule has 0 spiro atoms. The molecule has 1 N–H and O–H groups in total. The minimum Gasteiger partial charge on any atom is -0.393 e. The molecule has 3 atom stereocenters. The third-order valence-corrected chi connectivity index (χ3v) is 2.98. The van der Waals surface area contributed by atoms with E-state index >= 15 is 0 Å². The molecule has 1 aliphatic carbocycles. The maximum Gasteiger partial charge on any atom is 0.0573 e. The van der Waals surface area contributed by atoms with Gasteiger partial charge in [0.15, 0.2) is 0 Å². The van der Waals surface area contributed by atoms with Crippen LogP contribution in [0.1, 0.15) is 35.5 Å². The van der Waals surface area contributed by atoms with E-state index in [4.69, 9.17) is 1.37 Å². The molecule has 1 aliphatic rings. The topological polar surface area (TPSA) is 20.2 Å². The van der Waals surface area contributed by atoms with Crippen LogP contribution in [-0.2, 0) is 0 Å². The average Bonchev–Trinajstić information content (AvgIpc) is 2.24. The summed E-state index contributed by atoms with van der Waals surface area (Å²) >= 11 is 0. The second-order valence-corrected chi connectivity index (χ2v) is 3.86. The lowest BCUT2D eigenvalue weighted by Crippen LogP contribution is -2.11. The minimum atomic E-state index is -0.414. The van der Waals surface area contributed by atoms with Crippen molar-refractivity contribution in [2.75, 3.05) is 0 Å². The second kappa shape index (κ2) is 2.23. The molecule has 0 saturated heterocycles. The van der Waals surface area contributed by atoms with Crippen molar-refractivity contribution in [3.63, 3.8) is 0 Å². The average molecular weight is 143 g/mol. The number of rotatable bonds is 2. The molecule has 1 saturated carbocycles. The standard InChI is InChI=1S/C9H18O/c1-5-7(10)8-6(2)9(8,3)4/h6-8,10H,5H2,1-4H3/t6?,7-,8+/m0/s1/i6D. The molecular formula is C9H18O. The molecule has 0 amide bonds. The van der Waals surface area contributed by atoms with Gasteiger partial charge in [-0.25, -0.2) is 0 Å². The molecule has 0 aliphatic heterocycles. The van der Waals surface area contributed by atoms with Gasteiger partial charge in [-0.15, -0.1) is 0 Å². The molecule has 60 valence electrons. The van der Waals surface area contributed by atoms with Crippen LogP contribution < -0.4 is 0 Å². The highest BCUT2D eigenvalue weighted by Gasteiger charge is 2.57. The predicted molar refractivity (Wildman–Crippen MR) is 42.7 cm³/mol. The van der Waals surface area contributed by atoms with Crippen molar-refractivity contribution in [3.05, 3.63) is 0 Å². The number of hydrogen-bond acceptors (Lipinski definition) is 1. The van der Waals surface area contributed by atoms with Crippen LogP contribution in [-0.4, -0.2) is 11.2 Å². The maximum atomic E-state index is 9.55. The molecule has 0 heterocycles. The van der Waals surface area contributed by atoms with Crippen molar-refractivity contribution in [3.8, 4) is 0 Å². The second-order valence-electron chi connectivity index (χ2n) is 3.86. The van der Waals surface area contributed by atoms with Crippen molar-refractivity contribution < 1.29 is 6.48 Å². The zero-order valence-electron chi connectivity index (χ0n) is 8.31. The third kappa shape index (κ3) is 0.968. The van der Waals surface area contributed by atoms with Crippen molar-refractivity contribution >= 4 is 0 Å². The molecule has 0 bridgehead atoms. The molecule has 0 radical (unpaired) electrons. The van der Waals surface area contributed by atoms with E-state index in [0.717, 1.165) is 6.42 Å². The highest BCUT2D eigenvalue weighted by Crippen LogP contribution is 2.59. The zero-order chi connectivity index (χ0) is 8.86. The molecular weight excluding hydrogens is 124 g/mol. The van der Waals surface area contributed by atoms with Gasteiger partial charge in [0.2, 0.25) is 0 Å². The van der Waals surface area contributed by atoms with Gasteiger partial charge in [-0.05, 0) is 23.6 Å². The molecule has 10 heavy (non-hydrogen) atoms. The lowest BCUT2D eigenvalue weighted by Gasteiger charge is -2.07. The largest absolute Gasteiger partial charge is 0.393 e. The molecule has 0 aromatic rings. The van der Waals surface area contributed by atoms with Crippen LogP contribution in [0.25, 0.3) is 0 Å². The Hall–Kier alpha value is -0.0400. The van der Waals surface area contributed by atoms with Crippen LogP contribution in [0.5, 0.6) is 0 Å². The first kappa shape index (κ1) is 6.66. The molecule has 0 aromatic carbocycles. The Morgan fingerprint density at radius 1 is 1.70 bits per heavy atom. The van der Waals surface area contributed by atoms with Gasteiger partial charge in [0.25, 0.3) is 0 Å². The van der Waals surface area contributed by atoms with E-state index in [1.807, 2.05) is 13.8 Å². The summed E-state index contributed by atoms with van der Waals surface area (Å²) in [5.74, 6) is -0.248. The van der Waals surface area contributed by atoms with Crippen LogP contribution in [0.4, 0.5) is 0 Å². The highest BCUT2D eigenvalue weighted by atomic mass is 16.3. The van der Waals surface area contributed by atoms with Crippen molar-refractivity contribution in [1.82, 2.24) is 0 Å². The summed E-state index contributed by atoms with van der Waals surface area (Å²) in [5, 5.41) is 9.55. The van der Waals surface area contributed by atoms with E-state index in [1.54, 1.807) is 0 Å². The summed E-state index contributed by atoms with van der Waals surface area (Å²) in [4.78, 5) is 0. The smallest absolute Gasteiger partial charge is 0.0573 e. The number of hydrogen-bond donors (Lipinski definition) is 1. The Labute approximate surface area is 64.9 Å². The summed E-state index contributed by atoms with van der Waals surface area (Å²) in [6.07, 6.45) is 0.482. The van der Waals surface area contributed by atoms with Gasteiger partial charge < -0.3 is 5.11 Å². The summed E-state index contributed by atoms with van der Waals surface area (Å²) in [7, 11) is 0. The molecule has 0 aromatic heterocycles. The highest BCUT2D eigenvalue weighted by molar-refractivity contribution is 5.05. The van der Waals surface area contributed by atoms with Crippen LogP contribution in [0.3, 0.4) is 0 Å². The monoisotopic (exact) mass is 143 g/mol. The van der Waals surface area contributed by atoms with E-state index in [1.165, 1.54) is 0 Å². The van der Waals surface area contributed by atoms with Gasteiger partial charge in [0, 0.05) is 1.37 Å². The van der Waals surface area contributed by atoms with E-state index in [0.29, 0.717) is 0 Å². The van der Waals surface area contributed by atoms with Crippen LogP contribution in [0.2, 0.25) is 0 Å². The van der Waals surface area contributed by atoms with Gasteiger partial charge in [-0.2, -0.15) is 0 Å². The van der Waals surface area contributed by atoms with E-state index < -0.39 is 5.89 Å². The van der Waals surface area contributed by atoms with Gasteiger partial charge >= 0.3 is 0 Å². The first-order valence-electron chi connectivity index (χ1n) is 4.53. The van der Waals surface area contributed by atoms with Crippen LogP contribution in [0.15, 0.2) is 0 Å². The first-order valence-corrected chi connectivity index (χ1v) is 4.03. The van der Waals surface area contributed by atoms with E-state index in [2.05, 4.69) is 13.8 Å². The van der Waals surface area contributed by atoms with Crippen molar-refractivity contribution in [1.29, 1.82) is 0 Å². The van der Waals surface area contributed by atoms with Gasteiger partial charge in [-0.3, -0.25) is 0 Å². The molecule has 1 unspecified atom stereocenters. The van der Waals surface area contributed by atoms with Crippen molar-refractivity contribution in [2.45, 2.75) is 40.2 Å². The van der Waals surface area contributed by atoms with Gasteiger partial charge in [0.05, 0.1) is 6.10 Å². The number of aliphatic hydroxyl groups excluding tert-OH is 1. The Morgan fingerprint density at radius 3 is 2.20 bits per heavy atom. The first-order chi connectivity index (χ1) is 4.85. The molecule has 1 rings (SSSR count). The van der Waals surface area contributed by atoms with Gasteiger partial charge in [0.1, 0.15) is 0 Å². The van der Waals surface area contributed by atoms with Gasteiger partial charge in [-0.1, -0.05) is 27.7 Å². The fourth-order valence-corrected chi connectivity index (χ4v) is 1.81. The quantitative estimate of drug-likeness (QED) is 0.627. The van der Waals surface area contributed by atoms with Crippen LogP contribution in [0, 0.1) is 17.2 Å².